The Bertz CT molecular complexity index is 717. The number of hydrogen-bond acceptors (Lipinski definition) is 5. The summed E-state index contributed by atoms with van der Waals surface area (Å²) in [4.78, 5) is 23.5. The van der Waals surface area contributed by atoms with E-state index in [1.807, 2.05) is 0 Å². The van der Waals surface area contributed by atoms with Crippen molar-refractivity contribution < 1.29 is 22.7 Å². The largest absolute Gasteiger partial charge is 0.456 e. The van der Waals surface area contributed by atoms with E-state index in [9.17, 15) is 18.0 Å². The monoisotopic (exact) mass is 359 g/mol. The molecule has 1 amide bonds. The molecule has 1 atom stereocenters. The number of esters is 1. The molecule has 126 valence electrons. The van der Waals surface area contributed by atoms with Crippen molar-refractivity contribution in [2.75, 3.05) is 23.4 Å². The summed E-state index contributed by atoms with van der Waals surface area (Å²) < 4.78 is 27.5. The summed E-state index contributed by atoms with van der Waals surface area (Å²) in [5.41, 5.74) is 1.28. The Morgan fingerprint density at radius 2 is 2.13 bits per heavy atom. The summed E-state index contributed by atoms with van der Waals surface area (Å²) in [6.45, 7) is 1.36. The lowest BCUT2D eigenvalue weighted by atomic mass is 10.1. The van der Waals surface area contributed by atoms with Crippen LogP contribution in [0.4, 0.5) is 5.69 Å². The van der Waals surface area contributed by atoms with E-state index in [-0.39, 0.29) is 23.8 Å². The summed E-state index contributed by atoms with van der Waals surface area (Å²) in [5.74, 6) is -1.13. The van der Waals surface area contributed by atoms with Crippen molar-refractivity contribution in [2.45, 2.75) is 19.8 Å². The molecule has 1 N–H and O–H groups in total. The van der Waals surface area contributed by atoms with E-state index >= 15 is 0 Å². The van der Waals surface area contributed by atoms with Gasteiger partial charge in [0.25, 0.3) is 5.91 Å². The molecule has 0 radical (unpaired) electrons. The fourth-order valence-corrected chi connectivity index (χ4v) is 4.44. The zero-order chi connectivity index (χ0) is 17.0. The van der Waals surface area contributed by atoms with Crippen LogP contribution in [0.1, 0.15) is 18.4 Å². The maximum atomic E-state index is 11.8. The Labute approximate surface area is 140 Å². The van der Waals surface area contributed by atoms with Crippen LogP contribution >= 0.6 is 11.6 Å². The topological polar surface area (TPSA) is 89.5 Å². The number of hydrogen-bond donors (Lipinski definition) is 1. The molecule has 0 bridgehead atoms. The van der Waals surface area contributed by atoms with Crippen molar-refractivity contribution >= 4 is 39.0 Å². The van der Waals surface area contributed by atoms with E-state index < -0.39 is 28.3 Å². The molecule has 0 spiro atoms. The molecular formula is C15H18ClNO5S. The van der Waals surface area contributed by atoms with Crippen LogP contribution in [-0.4, -0.2) is 38.4 Å². The second-order valence-corrected chi connectivity index (χ2v) is 8.23. The number of rotatable bonds is 5. The van der Waals surface area contributed by atoms with E-state index in [0.717, 1.165) is 5.56 Å². The van der Waals surface area contributed by atoms with Gasteiger partial charge in [-0.1, -0.05) is 17.7 Å². The first kappa shape index (κ1) is 17.7. The molecule has 1 aliphatic heterocycles. The van der Waals surface area contributed by atoms with E-state index in [4.69, 9.17) is 16.3 Å². The molecule has 6 nitrogen and oxygen atoms in total. The summed E-state index contributed by atoms with van der Waals surface area (Å²) in [6.07, 6.45) is 0.480. The molecule has 1 aromatic rings. The molecule has 2 rings (SSSR count). The third kappa shape index (κ3) is 5.21. The zero-order valence-corrected chi connectivity index (χ0v) is 14.2. The van der Waals surface area contributed by atoms with Gasteiger partial charge < -0.3 is 10.1 Å². The Kier molecular flexibility index (Phi) is 5.64. The lowest BCUT2D eigenvalue weighted by Crippen LogP contribution is -2.22. The van der Waals surface area contributed by atoms with Crippen molar-refractivity contribution in [3.63, 3.8) is 0 Å². The molecule has 23 heavy (non-hydrogen) atoms. The average Bonchev–Trinajstić information content (AvgIpc) is 2.81. The first-order chi connectivity index (χ1) is 10.8. The Hall–Kier alpha value is -1.60. The fraction of sp³-hybridized carbons (Fsp3) is 0.467. The number of anilines is 1. The third-order valence-corrected chi connectivity index (χ3v) is 5.93. The minimum absolute atomic E-state index is 0.00993. The molecule has 0 saturated carbocycles. The van der Waals surface area contributed by atoms with E-state index in [0.29, 0.717) is 17.1 Å². The van der Waals surface area contributed by atoms with Gasteiger partial charge in [0.1, 0.15) is 0 Å². The van der Waals surface area contributed by atoms with Crippen molar-refractivity contribution in [3.8, 4) is 0 Å². The minimum atomic E-state index is -3.02. The number of halogens is 1. The van der Waals surface area contributed by atoms with Crippen LogP contribution < -0.4 is 5.32 Å². The summed E-state index contributed by atoms with van der Waals surface area (Å²) in [6, 6.07) is 5.12. The maximum absolute atomic E-state index is 11.8. The normalized spacial score (nSPS) is 19.3. The van der Waals surface area contributed by atoms with Gasteiger partial charge in [-0.15, -0.1) is 0 Å². The second-order valence-electron chi connectivity index (χ2n) is 5.59. The molecule has 8 heteroatoms. The molecule has 1 heterocycles. The maximum Gasteiger partial charge on any atom is 0.306 e. The van der Waals surface area contributed by atoms with Crippen LogP contribution in [-0.2, 0) is 24.2 Å². The molecule has 1 fully saturated rings. The van der Waals surface area contributed by atoms with Gasteiger partial charge in [0.05, 0.1) is 11.5 Å². The predicted octanol–water partition coefficient (Wildman–Crippen LogP) is 1.95. The summed E-state index contributed by atoms with van der Waals surface area (Å²) >= 11 is 5.96. The second kappa shape index (κ2) is 7.31. The van der Waals surface area contributed by atoms with Crippen LogP contribution in [0.25, 0.3) is 0 Å². The Morgan fingerprint density at radius 3 is 2.78 bits per heavy atom. The van der Waals surface area contributed by atoms with Gasteiger partial charge in [-0.3, -0.25) is 9.59 Å². The number of amides is 1. The SMILES string of the molecule is Cc1c(Cl)cccc1NC(=O)COC(=O)C[C@H]1CCS(=O)(=O)C1. The number of carbonyl (C=O) groups is 2. The van der Waals surface area contributed by atoms with Crippen molar-refractivity contribution in [1.82, 2.24) is 0 Å². The van der Waals surface area contributed by atoms with Gasteiger partial charge in [-0.05, 0) is 37.0 Å². The van der Waals surface area contributed by atoms with Crippen molar-refractivity contribution in [3.05, 3.63) is 28.8 Å². The van der Waals surface area contributed by atoms with E-state index in [2.05, 4.69) is 5.32 Å². The molecule has 0 aliphatic carbocycles. The van der Waals surface area contributed by atoms with Crippen LogP contribution in [0.2, 0.25) is 5.02 Å². The van der Waals surface area contributed by atoms with E-state index in [1.54, 1.807) is 25.1 Å². The molecule has 1 aromatic carbocycles. The minimum Gasteiger partial charge on any atom is -0.456 e. The first-order valence-corrected chi connectivity index (χ1v) is 9.38. The van der Waals surface area contributed by atoms with Crippen molar-refractivity contribution in [2.24, 2.45) is 5.92 Å². The van der Waals surface area contributed by atoms with Gasteiger partial charge in [0, 0.05) is 17.1 Å². The summed E-state index contributed by atoms with van der Waals surface area (Å²) in [7, 11) is -3.02. The Morgan fingerprint density at radius 1 is 1.39 bits per heavy atom. The lowest BCUT2D eigenvalue weighted by Gasteiger charge is -2.11. The van der Waals surface area contributed by atoms with Gasteiger partial charge in [0.2, 0.25) is 0 Å². The fourth-order valence-electron chi connectivity index (χ4n) is 2.40. The highest BCUT2D eigenvalue weighted by molar-refractivity contribution is 7.91. The quantitative estimate of drug-likeness (QED) is 0.811. The zero-order valence-electron chi connectivity index (χ0n) is 12.7. The van der Waals surface area contributed by atoms with Crippen LogP contribution in [0.5, 0.6) is 0 Å². The highest BCUT2D eigenvalue weighted by atomic mass is 35.5. The summed E-state index contributed by atoms with van der Waals surface area (Å²) in [5, 5.41) is 3.15. The highest BCUT2D eigenvalue weighted by Gasteiger charge is 2.29. The van der Waals surface area contributed by atoms with Crippen LogP contribution in [0, 0.1) is 12.8 Å². The van der Waals surface area contributed by atoms with Gasteiger partial charge >= 0.3 is 5.97 Å². The molecule has 0 unspecified atom stereocenters. The molecule has 0 aromatic heterocycles. The van der Waals surface area contributed by atoms with Gasteiger partial charge in [0.15, 0.2) is 16.4 Å². The number of sulfone groups is 1. The number of ether oxygens (including phenoxy) is 1. The Balaban J connectivity index is 1.78. The first-order valence-electron chi connectivity index (χ1n) is 7.18. The molecule has 1 aliphatic rings. The number of nitrogens with one attached hydrogen (secondary N) is 1. The van der Waals surface area contributed by atoms with Gasteiger partial charge in [-0.25, -0.2) is 8.42 Å². The molecular weight excluding hydrogens is 342 g/mol. The lowest BCUT2D eigenvalue weighted by molar-refractivity contribution is -0.148. The standard InChI is InChI=1S/C15H18ClNO5S/c1-10-12(16)3-2-4-13(10)17-14(18)8-22-15(19)7-11-5-6-23(20,21)9-11/h2-4,11H,5-9H2,1H3,(H,17,18)/t11-/m1/s1. The van der Waals surface area contributed by atoms with E-state index in [1.165, 1.54) is 0 Å². The highest BCUT2D eigenvalue weighted by Crippen LogP contribution is 2.23. The molecule has 1 saturated heterocycles. The number of benzene rings is 1. The average molecular weight is 360 g/mol. The van der Waals surface area contributed by atoms with Crippen LogP contribution in [0.3, 0.4) is 0 Å². The van der Waals surface area contributed by atoms with Crippen molar-refractivity contribution in [1.29, 1.82) is 0 Å². The smallest absolute Gasteiger partial charge is 0.306 e. The third-order valence-electron chi connectivity index (χ3n) is 3.69. The van der Waals surface area contributed by atoms with Gasteiger partial charge in [-0.2, -0.15) is 0 Å². The van der Waals surface area contributed by atoms with Crippen LogP contribution in [0.15, 0.2) is 18.2 Å². The predicted molar refractivity (Wildman–Crippen MR) is 87.2 cm³/mol. The number of carbonyl (C=O) groups excluding carboxylic acids is 2.